The molecule has 0 amide bonds. The highest BCUT2D eigenvalue weighted by Crippen LogP contribution is 2.30. The topological polar surface area (TPSA) is 24.9 Å². The molecule has 2 nitrogen and oxygen atoms in total. The maximum atomic E-state index is 6.09. The Morgan fingerprint density at radius 1 is 1.41 bits per heavy atom. The van der Waals surface area contributed by atoms with Crippen molar-refractivity contribution in [1.29, 1.82) is 0 Å². The SMILES string of the molecule is CCC(CC)(CCl)CNc1nccc(C)c1Br. The van der Waals surface area contributed by atoms with Gasteiger partial charge >= 0.3 is 0 Å². The van der Waals surface area contributed by atoms with Gasteiger partial charge in [-0.25, -0.2) is 4.98 Å². The van der Waals surface area contributed by atoms with Crippen LogP contribution in [0.15, 0.2) is 16.7 Å². The summed E-state index contributed by atoms with van der Waals surface area (Å²) < 4.78 is 1.04. The summed E-state index contributed by atoms with van der Waals surface area (Å²) in [5, 5.41) is 3.41. The van der Waals surface area contributed by atoms with Crippen molar-refractivity contribution < 1.29 is 0 Å². The Kier molecular flexibility index (Phi) is 5.74. The number of aryl methyl sites for hydroxylation is 1. The van der Waals surface area contributed by atoms with Crippen LogP contribution in [0.4, 0.5) is 5.82 Å². The zero-order chi connectivity index (χ0) is 12.9. The fourth-order valence-corrected chi connectivity index (χ4v) is 2.52. The van der Waals surface area contributed by atoms with Gasteiger partial charge in [0, 0.05) is 24.0 Å². The van der Waals surface area contributed by atoms with Crippen LogP contribution >= 0.6 is 27.5 Å². The Bertz CT molecular complexity index is 356. The number of aromatic nitrogens is 1. The van der Waals surface area contributed by atoms with Crippen LogP contribution in [0.1, 0.15) is 32.3 Å². The Hall–Kier alpha value is -0.280. The standard InChI is InChI=1S/C13H20BrClN2/c1-4-13(5-2,8-15)9-17-12-11(14)10(3)6-7-16-12/h6-7H,4-5,8-9H2,1-3H3,(H,16,17). The number of alkyl halides is 1. The number of nitrogens with zero attached hydrogens (tertiary/aromatic N) is 1. The molecule has 0 atom stereocenters. The first-order valence-electron chi connectivity index (χ1n) is 5.99. The molecule has 0 aliphatic rings. The zero-order valence-electron chi connectivity index (χ0n) is 10.7. The van der Waals surface area contributed by atoms with E-state index in [4.69, 9.17) is 11.6 Å². The summed E-state index contributed by atoms with van der Waals surface area (Å²) in [5.41, 5.74) is 1.35. The molecule has 0 aliphatic heterocycles. The first-order valence-corrected chi connectivity index (χ1v) is 7.32. The highest BCUT2D eigenvalue weighted by atomic mass is 79.9. The van der Waals surface area contributed by atoms with E-state index in [0.29, 0.717) is 5.88 Å². The summed E-state index contributed by atoms with van der Waals surface area (Å²) in [7, 11) is 0. The van der Waals surface area contributed by atoms with E-state index in [0.717, 1.165) is 29.7 Å². The van der Waals surface area contributed by atoms with Crippen LogP contribution in [-0.2, 0) is 0 Å². The number of pyridine rings is 1. The average molecular weight is 320 g/mol. The van der Waals surface area contributed by atoms with Crippen LogP contribution in [0.25, 0.3) is 0 Å². The van der Waals surface area contributed by atoms with E-state index >= 15 is 0 Å². The maximum absolute atomic E-state index is 6.09. The summed E-state index contributed by atoms with van der Waals surface area (Å²) in [6.45, 7) is 7.29. The number of anilines is 1. The summed E-state index contributed by atoms with van der Waals surface area (Å²) in [4.78, 5) is 4.34. The van der Waals surface area contributed by atoms with Gasteiger partial charge in [-0.15, -0.1) is 11.6 Å². The van der Waals surface area contributed by atoms with Gasteiger partial charge in [-0.1, -0.05) is 13.8 Å². The van der Waals surface area contributed by atoms with Crippen molar-refractivity contribution in [3.8, 4) is 0 Å². The van der Waals surface area contributed by atoms with Gasteiger partial charge in [-0.2, -0.15) is 0 Å². The van der Waals surface area contributed by atoms with E-state index in [2.05, 4.69) is 47.0 Å². The molecule has 0 radical (unpaired) electrons. The summed E-state index contributed by atoms with van der Waals surface area (Å²) >= 11 is 9.65. The molecule has 0 unspecified atom stereocenters. The van der Waals surface area contributed by atoms with Gasteiger partial charge in [-0.3, -0.25) is 0 Å². The number of halogens is 2. The quantitative estimate of drug-likeness (QED) is 0.775. The van der Waals surface area contributed by atoms with Gasteiger partial charge in [-0.05, 0) is 47.3 Å². The van der Waals surface area contributed by atoms with Crippen molar-refractivity contribution >= 4 is 33.3 Å². The molecule has 4 heteroatoms. The maximum Gasteiger partial charge on any atom is 0.140 e. The van der Waals surface area contributed by atoms with Gasteiger partial charge in [0.05, 0.1) is 4.47 Å². The molecule has 17 heavy (non-hydrogen) atoms. The molecule has 0 spiro atoms. The molecular formula is C13H20BrClN2. The van der Waals surface area contributed by atoms with Crippen molar-refractivity contribution in [3.63, 3.8) is 0 Å². The van der Waals surface area contributed by atoms with Crippen LogP contribution in [0.2, 0.25) is 0 Å². The van der Waals surface area contributed by atoms with Gasteiger partial charge in [0.15, 0.2) is 0 Å². The lowest BCUT2D eigenvalue weighted by molar-refractivity contribution is 0.326. The second-order valence-electron chi connectivity index (χ2n) is 4.48. The molecule has 1 N–H and O–H groups in total. The number of hydrogen-bond donors (Lipinski definition) is 1. The van der Waals surface area contributed by atoms with E-state index < -0.39 is 0 Å². The average Bonchev–Trinajstić information content (AvgIpc) is 2.36. The predicted molar refractivity (Wildman–Crippen MR) is 78.9 cm³/mol. The highest BCUT2D eigenvalue weighted by molar-refractivity contribution is 9.10. The van der Waals surface area contributed by atoms with Crippen molar-refractivity contribution in [2.75, 3.05) is 17.7 Å². The molecule has 0 aliphatic carbocycles. The van der Waals surface area contributed by atoms with Crippen molar-refractivity contribution in [3.05, 3.63) is 22.3 Å². The molecule has 1 aromatic heterocycles. The normalized spacial score (nSPS) is 11.6. The van der Waals surface area contributed by atoms with E-state index in [1.807, 2.05) is 12.3 Å². The van der Waals surface area contributed by atoms with Crippen molar-refractivity contribution in [2.45, 2.75) is 33.6 Å². The molecule has 0 saturated carbocycles. The minimum atomic E-state index is 0.159. The van der Waals surface area contributed by atoms with Crippen molar-refractivity contribution in [1.82, 2.24) is 4.98 Å². The zero-order valence-corrected chi connectivity index (χ0v) is 13.0. The second-order valence-corrected chi connectivity index (χ2v) is 5.54. The van der Waals surface area contributed by atoms with Crippen LogP contribution in [0.5, 0.6) is 0 Å². The molecule has 1 rings (SSSR count). The van der Waals surface area contributed by atoms with E-state index in [9.17, 15) is 0 Å². The summed E-state index contributed by atoms with van der Waals surface area (Å²) in [5.74, 6) is 1.58. The molecular weight excluding hydrogens is 300 g/mol. The van der Waals surface area contributed by atoms with Crippen LogP contribution in [0, 0.1) is 12.3 Å². The minimum absolute atomic E-state index is 0.159. The Labute approximate surface area is 117 Å². The van der Waals surface area contributed by atoms with E-state index in [-0.39, 0.29) is 5.41 Å². The molecule has 96 valence electrons. The molecule has 0 fully saturated rings. The predicted octanol–water partition coefficient (Wildman–Crippen LogP) is 4.61. The van der Waals surface area contributed by atoms with E-state index in [1.54, 1.807) is 0 Å². The first-order chi connectivity index (χ1) is 8.08. The Balaban J connectivity index is 2.75. The summed E-state index contributed by atoms with van der Waals surface area (Å²) in [6.07, 6.45) is 3.97. The molecule has 0 saturated heterocycles. The third-order valence-corrected chi connectivity index (χ3v) is 5.06. The fourth-order valence-electron chi connectivity index (χ4n) is 1.67. The first kappa shape index (κ1) is 14.8. The monoisotopic (exact) mass is 318 g/mol. The van der Waals surface area contributed by atoms with Crippen molar-refractivity contribution in [2.24, 2.45) is 5.41 Å². The lowest BCUT2D eigenvalue weighted by Gasteiger charge is -2.29. The van der Waals surface area contributed by atoms with Gasteiger partial charge < -0.3 is 5.32 Å². The van der Waals surface area contributed by atoms with Crippen LogP contribution in [-0.4, -0.2) is 17.4 Å². The lowest BCUT2D eigenvalue weighted by atomic mass is 9.84. The molecule has 0 aromatic carbocycles. The number of nitrogens with one attached hydrogen (secondary N) is 1. The highest BCUT2D eigenvalue weighted by Gasteiger charge is 2.25. The Morgan fingerprint density at radius 3 is 2.59 bits per heavy atom. The smallest absolute Gasteiger partial charge is 0.140 e. The molecule has 0 bridgehead atoms. The summed E-state index contributed by atoms with van der Waals surface area (Å²) in [6, 6.07) is 1.99. The molecule has 1 aromatic rings. The van der Waals surface area contributed by atoms with Crippen LogP contribution in [0.3, 0.4) is 0 Å². The number of rotatable bonds is 6. The van der Waals surface area contributed by atoms with Gasteiger partial charge in [0.25, 0.3) is 0 Å². The minimum Gasteiger partial charge on any atom is -0.369 e. The van der Waals surface area contributed by atoms with E-state index in [1.165, 1.54) is 5.56 Å². The fraction of sp³-hybridized carbons (Fsp3) is 0.615. The second kappa shape index (κ2) is 6.60. The van der Waals surface area contributed by atoms with Crippen LogP contribution < -0.4 is 5.32 Å². The van der Waals surface area contributed by atoms with Gasteiger partial charge in [0.2, 0.25) is 0 Å². The largest absolute Gasteiger partial charge is 0.369 e. The third-order valence-electron chi connectivity index (χ3n) is 3.50. The Morgan fingerprint density at radius 2 is 2.06 bits per heavy atom. The number of hydrogen-bond acceptors (Lipinski definition) is 2. The van der Waals surface area contributed by atoms with Gasteiger partial charge in [0.1, 0.15) is 5.82 Å². The third kappa shape index (κ3) is 3.59. The lowest BCUT2D eigenvalue weighted by Crippen LogP contribution is -2.30. The molecule has 1 heterocycles.